The summed E-state index contributed by atoms with van der Waals surface area (Å²) in [6, 6.07) is 7.50. The second-order valence-electron chi connectivity index (χ2n) is 5.10. The lowest BCUT2D eigenvalue weighted by Gasteiger charge is -2.05. The summed E-state index contributed by atoms with van der Waals surface area (Å²) in [5, 5.41) is 10.3. The number of aryl methyl sites for hydroxylation is 2. The second-order valence-corrected chi connectivity index (χ2v) is 5.53. The number of nitrogens with zero attached hydrogens (tertiary/aromatic N) is 4. The first-order chi connectivity index (χ1) is 10.6. The molecule has 0 radical (unpaired) electrons. The van der Waals surface area contributed by atoms with E-state index in [4.69, 9.17) is 11.6 Å². The fraction of sp³-hybridized carbons (Fsp3) is 0.188. The van der Waals surface area contributed by atoms with Gasteiger partial charge in [0.1, 0.15) is 0 Å². The molecular formula is C16H16ClN5. The highest BCUT2D eigenvalue weighted by atomic mass is 35.5. The van der Waals surface area contributed by atoms with E-state index in [0.29, 0.717) is 5.02 Å². The number of rotatable bonds is 3. The number of hydrogen-bond donors (Lipinski definition) is 1. The number of halogens is 1. The number of hydrogen-bond acceptors (Lipinski definition) is 4. The number of nitrogens with one attached hydrogen (secondary N) is 1. The van der Waals surface area contributed by atoms with Gasteiger partial charge in [0.05, 0.1) is 23.1 Å². The lowest BCUT2D eigenvalue weighted by atomic mass is 10.2. The van der Waals surface area contributed by atoms with Gasteiger partial charge in [-0.3, -0.25) is 15.1 Å². The molecule has 0 amide bonds. The van der Waals surface area contributed by atoms with E-state index in [2.05, 4.69) is 20.6 Å². The quantitative estimate of drug-likeness (QED) is 0.592. The third kappa shape index (κ3) is 2.67. The van der Waals surface area contributed by atoms with E-state index in [1.807, 2.05) is 49.8 Å². The lowest BCUT2D eigenvalue weighted by Crippen LogP contribution is -1.95. The van der Waals surface area contributed by atoms with Gasteiger partial charge in [-0.25, -0.2) is 0 Å². The molecule has 0 aliphatic rings. The predicted octanol–water partition coefficient (Wildman–Crippen LogP) is 3.68. The SMILES string of the molecule is Cc1nn(C)c(C)c1/C=N\Nc1ccnc2cc(Cl)ccc12. The van der Waals surface area contributed by atoms with Crippen LogP contribution < -0.4 is 5.43 Å². The van der Waals surface area contributed by atoms with Crippen molar-refractivity contribution in [2.75, 3.05) is 5.43 Å². The van der Waals surface area contributed by atoms with Crippen molar-refractivity contribution >= 4 is 34.4 Å². The summed E-state index contributed by atoms with van der Waals surface area (Å²) < 4.78 is 1.85. The van der Waals surface area contributed by atoms with Gasteiger partial charge in [0.2, 0.25) is 0 Å². The third-order valence-corrected chi connectivity index (χ3v) is 3.88. The Morgan fingerprint density at radius 1 is 1.27 bits per heavy atom. The maximum Gasteiger partial charge on any atom is 0.0738 e. The molecule has 0 spiro atoms. The van der Waals surface area contributed by atoms with Crippen LogP contribution in [0.3, 0.4) is 0 Å². The first kappa shape index (κ1) is 14.5. The van der Waals surface area contributed by atoms with Gasteiger partial charge >= 0.3 is 0 Å². The smallest absolute Gasteiger partial charge is 0.0738 e. The van der Waals surface area contributed by atoms with Crippen LogP contribution in [0.25, 0.3) is 10.9 Å². The van der Waals surface area contributed by atoms with Gasteiger partial charge in [-0.1, -0.05) is 11.6 Å². The van der Waals surface area contributed by atoms with Crippen molar-refractivity contribution in [1.82, 2.24) is 14.8 Å². The van der Waals surface area contributed by atoms with E-state index in [0.717, 1.165) is 33.5 Å². The van der Waals surface area contributed by atoms with Gasteiger partial charge in [-0.15, -0.1) is 0 Å². The lowest BCUT2D eigenvalue weighted by molar-refractivity contribution is 0.731. The predicted molar refractivity (Wildman–Crippen MR) is 90.7 cm³/mol. The summed E-state index contributed by atoms with van der Waals surface area (Å²) in [7, 11) is 1.92. The molecule has 6 heteroatoms. The van der Waals surface area contributed by atoms with Crippen LogP contribution in [0.2, 0.25) is 5.02 Å². The number of anilines is 1. The molecule has 2 heterocycles. The Hall–Kier alpha value is -2.40. The molecule has 2 aromatic heterocycles. The Bertz CT molecular complexity index is 866. The van der Waals surface area contributed by atoms with Gasteiger partial charge in [0.25, 0.3) is 0 Å². The minimum Gasteiger partial charge on any atom is -0.278 e. The average Bonchev–Trinajstić information content (AvgIpc) is 2.73. The normalized spacial score (nSPS) is 11.5. The summed E-state index contributed by atoms with van der Waals surface area (Å²) in [5.41, 5.74) is 7.85. The van der Waals surface area contributed by atoms with Crippen LogP contribution >= 0.6 is 11.6 Å². The van der Waals surface area contributed by atoms with E-state index in [-0.39, 0.29) is 0 Å². The van der Waals surface area contributed by atoms with E-state index in [1.165, 1.54) is 0 Å². The van der Waals surface area contributed by atoms with Crippen LogP contribution in [0.1, 0.15) is 17.0 Å². The first-order valence-electron chi connectivity index (χ1n) is 6.90. The molecule has 0 atom stereocenters. The van der Waals surface area contributed by atoms with Gasteiger partial charge < -0.3 is 0 Å². The van der Waals surface area contributed by atoms with Crippen molar-refractivity contribution in [3.8, 4) is 0 Å². The fourth-order valence-corrected chi connectivity index (χ4v) is 2.53. The molecule has 0 unspecified atom stereocenters. The van der Waals surface area contributed by atoms with Crippen LogP contribution in [0.4, 0.5) is 5.69 Å². The van der Waals surface area contributed by atoms with Crippen molar-refractivity contribution in [2.24, 2.45) is 12.1 Å². The average molecular weight is 314 g/mol. The topological polar surface area (TPSA) is 55.1 Å². The molecule has 0 fully saturated rings. The minimum atomic E-state index is 0.669. The molecule has 0 saturated carbocycles. The molecule has 3 aromatic rings. The van der Waals surface area contributed by atoms with Gasteiger partial charge in [0.15, 0.2) is 0 Å². The largest absolute Gasteiger partial charge is 0.278 e. The summed E-state index contributed by atoms with van der Waals surface area (Å²) in [6.45, 7) is 3.99. The molecular weight excluding hydrogens is 298 g/mol. The number of benzene rings is 1. The number of fused-ring (bicyclic) bond motifs is 1. The number of hydrazone groups is 1. The Morgan fingerprint density at radius 3 is 2.82 bits per heavy atom. The molecule has 1 aromatic carbocycles. The minimum absolute atomic E-state index is 0.669. The molecule has 0 aliphatic heterocycles. The number of aromatic nitrogens is 3. The van der Waals surface area contributed by atoms with Crippen molar-refractivity contribution in [3.63, 3.8) is 0 Å². The van der Waals surface area contributed by atoms with Crippen molar-refractivity contribution in [2.45, 2.75) is 13.8 Å². The Kier molecular flexibility index (Phi) is 3.81. The number of pyridine rings is 1. The summed E-state index contributed by atoms with van der Waals surface area (Å²) in [4.78, 5) is 4.31. The van der Waals surface area contributed by atoms with Crippen molar-refractivity contribution < 1.29 is 0 Å². The van der Waals surface area contributed by atoms with E-state index in [9.17, 15) is 0 Å². The van der Waals surface area contributed by atoms with E-state index in [1.54, 1.807) is 12.4 Å². The Morgan fingerprint density at radius 2 is 2.09 bits per heavy atom. The second kappa shape index (κ2) is 5.77. The fourth-order valence-electron chi connectivity index (χ4n) is 2.36. The highest BCUT2D eigenvalue weighted by Gasteiger charge is 2.06. The van der Waals surface area contributed by atoms with Crippen LogP contribution in [0.5, 0.6) is 0 Å². The van der Waals surface area contributed by atoms with Crippen LogP contribution in [0, 0.1) is 13.8 Å². The summed E-state index contributed by atoms with van der Waals surface area (Å²) >= 11 is 5.99. The maximum absolute atomic E-state index is 5.99. The van der Waals surface area contributed by atoms with Gasteiger partial charge in [-0.05, 0) is 38.1 Å². The van der Waals surface area contributed by atoms with Crippen LogP contribution in [-0.4, -0.2) is 21.0 Å². The highest BCUT2D eigenvalue weighted by Crippen LogP contribution is 2.24. The molecule has 0 saturated heterocycles. The summed E-state index contributed by atoms with van der Waals surface area (Å²) in [5.74, 6) is 0. The zero-order chi connectivity index (χ0) is 15.7. The van der Waals surface area contributed by atoms with Crippen LogP contribution in [0.15, 0.2) is 35.6 Å². The molecule has 5 nitrogen and oxygen atoms in total. The first-order valence-corrected chi connectivity index (χ1v) is 7.27. The van der Waals surface area contributed by atoms with E-state index >= 15 is 0 Å². The Balaban J connectivity index is 1.89. The standard InChI is InChI=1S/C16H16ClN5/c1-10-14(11(2)22(3)21-10)9-19-20-15-6-7-18-16-8-12(17)4-5-13(15)16/h4-9H,1-3H3,(H,18,20)/b19-9-. The molecule has 0 aliphatic carbocycles. The van der Waals surface area contributed by atoms with Crippen molar-refractivity contribution in [3.05, 3.63) is 52.4 Å². The van der Waals surface area contributed by atoms with Crippen LogP contribution in [-0.2, 0) is 7.05 Å². The van der Waals surface area contributed by atoms with Crippen molar-refractivity contribution in [1.29, 1.82) is 0 Å². The monoisotopic (exact) mass is 313 g/mol. The maximum atomic E-state index is 5.99. The molecule has 3 rings (SSSR count). The molecule has 0 bridgehead atoms. The van der Waals surface area contributed by atoms with E-state index < -0.39 is 0 Å². The van der Waals surface area contributed by atoms with Gasteiger partial charge in [-0.2, -0.15) is 10.2 Å². The molecule has 112 valence electrons. The zero-order valence-corrected chi connectivity index (χ0v) is 13.4. The van der Waals surface area contributed by atoms with Gasteiger partial charge in [0, 0.05) is 34.9 Å². The molecule has 1 N–H and O–H groups in total. The highest BCUT2D eigenvalue weighted by molar-refractivity contribution is 6.31. The zero-order valence-electron chi connectivity index (χ0n) is 12.6. The Labute approximate surface area is 133 Å². The third-order valence-electron chi connectivity index (χ3n) is 3.65. The molecule has 22 heavy (non-hydrogen) atoms. The summed E-state index contributed by atoms with van der Waals surface area (Å²) in [6.07, 6.45) is 3.52.